The van der Waals surface area contributed by atoms with Crippen LogP contribution in [0.1, 0.15) is 5.82 Å². The van der Waals surface area contributed by atoms with Crippen molar-refractivity contribution in [1.29, 1.82) is 0 Å². The molecule has 104 valence electrons. The van der Waals surface area contributed by atoms with Crippen molar-refractivity contribution in [1.82, 2.24) is 15.3 Å². The van der Waals surface area contributed by atoms with E-state index in [-0.39, 0.29) is 0 Å². The molecule has 20 heavy (non-hydrogen) atoms. The number of piperazine rings is 1. The van der Waals surface area contributed by atoms with Crippen LogP contribution in [0.3, 0.4) is 0 Å². The molecule has 2 heterocycles. The third-order valence-electron chi connectivity index (χ3n) is 3.47. The van der Waals surface area contributed by atoms with Crippen LogP contribution >= 0.6 is 11.6 Å². The summed E-state index contributed by atoms with van der Waals surface area (Å²) in [6, 6.07) is 7.82. The fraction of sp³-hybridized carbons (Fsp3) is 0.333. The van der Waals surface area contributed by atoms with Crippen molar-refractivity contribution in [3.8, 4) is 11.3 Å². The highest BCUT2D eigenvalue weighted by Crippen LogP contribution is 2.29. The molecule has 5 heteroatoms. The van der Waals surface area contributed by atoms with Crippen molar-refractivity contribution in [2.75, 3.05) is 31.1 Å². The molecule has 2 aromatic rings. The van der Waals surface area contributed by atoms with Crippen LogP contribution in [0.4, 0.5) is 5.69 Å². The molecule has 0 aliphatic carbocycles. The highest BCUT2D eigenvalue weighted by Gasteiger charge is 2.17. The van der Waals surface area contributed by atoms with Gasteiger partial charge in [-0.2, -0.15) is 0 Å². The van der Waals surface area contributed by atoms with Crippen LogP contribution in [0, 0.1) is 6.92 Å². The van der Waals surface area contributed by atoms with E-state index in [1.165, 1.54) is 0 Å². The van der Waals surface area contributed by atoms with Gasteiger partial charge >= 0.3 is 0 Å². The Hall–Kier alpha value is -1.65. The number of anilines is 1. The van der Waals surface area contributed by atoms with Crippen LogP contribution in [0.25, 0.3) is 11.3 Å². The van der Waals surface area contributed by atoms with Gasteiger partial charge in [-0.25, -0.2) is 9.97 Å². The lowest BCUT2D eigenvalue weighted by Gasteiger charge is -2.30. The van der Waals surface area contributed by atoms with E-state index in [4.69, 9.17) is 11.6 Å². The molecule has 4 nitrogen and oxygen atoms in total. The summed E-state index contributed by atoms with van der Waals surface area (Å²) in [5.41, 5.74) is 3.16. The van der Waals surface area contributed by atoms with Gasteiger partial charge in [0.2, 0.25) is 0 Å². The van der Waals surface area contributed by atoms with Gasteiger partial charge in [0.15, 0.2) is 0 Å². The molecule has 1 aliphatic rings. The Balaban J connectivity index is 2.03. The molecule has 3 rings (SSSR count). The van der Waals surface area contributed by atoms with E-state index < -0.39 is 0 Å². The molecular formula is C15H17ClN4. The van der Waals surface area contributed by atoms with Crippen molar-refractivity contribution >= 4 is 17.3 Å². The molecule has 0 atom stereocenters. The highest BCUT2D eigenvalue weighted by atomic mass is 35.5. The second-order valence-electron chi connectivity index (χ2n) is 4.90. The summed E-state index contributed by atoms with van der Waals surface area (Å²) in [7, 11) is 0. The Bertz CT molecular complexity index is 591. The molecule has 0 amide bonds. The number of aryl methyl sites for hydroxylation is 1. The molecule has 1 saturated heterocycles. The normalized spacial score (nSPS) is 15.4. The predicted molar refractivity (Wildman–Crippen MR) is 82.3 cm³/mol. The minimum atomic E-state index is 0.739. The predicted octanol–water partition coefficient (Wildman–Crippen LogP) is 2.52. The number of aromatic nitrogens is 2. The Morgan fingerprint density at radius 1 is 1.15 bits per heavy atom. The van der Waals surface area contributed by atoms with Crippen molar-refractivity contribution in [3.63, 3.8) is 0 Å². The third-order valence-corrected chi connectivity index (χ3v) is 3.72. The molecule has 1 N–H and O–H groups in total. The van der Waals surface area contributed by atoms with Crippen molar-refractivity contribution in [2.45, 2.75) is 6.92 Å². The second kappa shape index (κ2) is 5.77. The van der Waals surface area contributed by atoms with Gasteiger partial charge < -0.3 is 10.2 Å². The van der Waals surface area contributed by atoms with Crippen molar-refractivity contribution < 1.29 is 0 Å². The minimum Gasteiger partial charge on any atom is -0.366 e. The SMILES string of the molecule is Cc1ncc(N2CCNCC2)c(-c2ccc(Cl)cc2)n1. The van der Waals surface area contributed by atoms with Gasteiger partial charge in [-0.15, -0.1) is 0 Å². The van der Waals surface area contributed by atoms with E-state index in [0.29, 0.717) is 0 Å². The summed E-state index contributed by atoms with van der Waals surface area (Å²) in [6.45, 7) is 5.86. The summed E-state index contributed by atoms with van der Waals surface area (Å²) in [5, 5.41) is 4.10. The Kier molecular flexibility index (Phi) is 3.85. The van der Waals surface area contributed by atoms with E-state index in [1.54, 1.807) is 0 Å². The summed E-state index contributed by atoms with van der Waals surface area (Å²) in [6.07, 6.45) is 1.93. The quantitative estimate of drug-likeness (QED) is 0.922. The van der Waals surface area contributed by atoms with E-state index in [0.717, 1.165) is 54.0 Å². The zero-order valence-corrected chi connectivity index (χ0v) is 12.2. The number of nitrogens with one attached hydrogen (secondary N) is 1. The van der Waals surface area contributed by atoms with Gasteiger partial charge in [0.05, 0.1) is 17.6 Å². The summed E-state index contributed by atoms with van der Waals surface area (Å²) < 4.78 is 0. The number of hydrogen-bond donors (Lipinski definition) is 1. The zero-order chi connectivity index (χ0) is 13.9. The van der Waals surface area contributed by atoms with Crippen LogP contribution in [-0.4, -0.2) is 36.1 Å². The number of halogens is 1. The first-order valence-electron chi connectivity index (χ1n) is 6.79. The number of hydrogen-bond acceptors (Lipinski definition) is 4. The molecule has 1 aromatic carbocycles. The Labute approximate surface area is 123 Å². The molecule has 0 spiro atoms. The average molecular weight is 289 g/mol. The lowest BCUT2D eigenvalue weighted by atomic mass is 10.1. The van der Waals surface area contributed by atoms with Gasteiger partial charge in [-0.3, -0.25) is 0 Å². The first-order chi connectivity index (χ1) is 9.74. The standard InChI is InChI=1S/C15H17ClN4/c1-11-18-10-14(20-8-6-17-7-9-20)15(19-11)12-2-4-13(16)5-3-12/h2-5,10,17H,6-9H2,1H3. The monoisotopic (exact) mass is 288 g/mol. The van der Waals surface area contributed by atoms with E-state index in [9.17, 15) is 0 Å². The van der Waals surface area contributed by atoms with Crippen LogP contribution in [0.2, 0.25) is 5.02 Å². The van der Waals surface area contributed by atoms with Crippen molar-refractivity contribution in [2.24, 2.45) is 0 Å². The first-order valence-corrected chi connectivity index (χ1v) is 7.17. The van der Waals surface area contributed by atoms with Gasteiger partial charge in [-0.05, 0) is 19.1 Å². The maximum Gasteiger partial charge on any atom is 0.126 e. The molecule has 0 unspecified atom stereocenters. The zero-order valence-electron chi connectivity index (χ0n) is 11.4. The fourth-order valence-electron chi connectivity index (χ4n) is 2.42. The summed E-state index contributed by atoms with van der Waals surface area (Å²) in [5.74, 6) is 0.786. The molecular weight excluding hydrogens is 272 g/mol. The molecule has 1 aliphatic heterocycles. The van der Waals surface area contributed by atoms with Crippen molar-refractivity contribution in [3.05, 3.63) is 41.3 Å². The van der Waals surface area contributed by atoms with Gasteiger partial charge in [0.1, 0.15) is 5.82 Å². The lowest BCUT2D eigenvalue weighted by Crippen LogP contribution is -2.43. The Morgan fingerprint density at radius 3 is 2.55 bits per heavy atom. The smallest absolute Gasteiger partial charge is 0.126 e. The second-order valence-corrected chi connectivity index (χ2v) is 5.33. The first kappa shape index (κ1) is 13.3. The van der Waals surface area contributed by atoms with Crippen LogP contribution in [0.15, 0.2) is 30.5 Å². The lowest BCUT2D eigenvalue weighted by molar-refractivity contribution is 0.588. The van der Waals surface area contributed by atoms with Gasteiger partial charge in [-0.1, -0.05) is 23.7 Å². The summed E-state index contributed by atoms with van der Waals surface area (Å²) >= 11 is 5.97. The Morgan fingerprint density at radius 2 is 1.85 bits per heavy atom. The van der Waals surface area contributed by atoms with Crippen LogP contribution in [-0.2, 0) is 0 Å². The maximum absolute atomic E-state index is 5.97. The molecule has 0 bridgehead atoms. The number of nitrogens with zero attached hydrogens (tertiary/aromatic N) is 3. The van der Waals surface area contributed by atoms with Gasteiger partial charge in [0, 0.05) is 36.8 Å². The average Bonchev–Trinajstić information content (AvgIpc) is 2.49. The molecule has 1 fully saturated rings. The van der Waals surface area contributed by atoms with E-state index in [2.05, 4.69) is 20.2 Å². The van der Waals surface area contributed by atoms with Crippen LogP contribution < -0.4 is 10.2 Å². The number of rotatable bonds is 2. The van der Waals surface area contributed by atoms with E-state index in [1.807, 2.05) is 37.4 Å². The third kappa shape index (κ3) is 2.76. The fourth-order valence-corrected chi connectivity index (χ4v) is 2.55. The van der Waals surface area contributed by atoms with E-state index >= 15 is 0 Å². The topological polar surface area (TPSA) is 41.1 Å². The minimum absolute atomic E-state index is 0.739. The maximum atomic E-state index is 5.97. The number of benzene rings is 1. The van der Waals surface area contributed by atoms with Crippen LogP contribution in [0.5, 0.6) is 0 Å². The summed E-state index contributed by atoms with van der Waals surface area (Å²) in [4.78, 5) is 11.3. The molecule has 0 saturated carbocycles. The van der Waals surface area contributed by atoms with Gasteiger partial charge in [0.25, 0.3) is 0 Å². The highest BCUT2D eigenvalue weighted by molar-refractivity contribution is 6.30. The molecule has 1 aromatic heterocycles. The molecule has 0 radical (unpaired) electrons. The largest absolute Gasteiger partial charge is 0.366 e.